The Morgan fingerprint density at radius 3 is 2.46 bits per heavy atom. The first-order valence-electron chi connectivity index (χ1n) is 6.97. The van der Waals surface area contributed by atoms with Gasteiger partial charge < -0.3 is 19.5 Å². The van der Waals surface area contributed by atoms with Gasteiger partial charge in [-0.1, -0.05) is 0 Å². The van der Waals surface area contributed by atoms with E-state index in [2.05, 4.69) is 14.8 Å². The van der Waals surface area contributed by atoms with E-state index in [0.717, 1.165) is 0 Å². The van der Waals surface area contributed by atoms with Crippen molar-refractivity contribution in [1.29, 1.82) is 0 Å². The van der Waals surface area contributed by atoms with E-state index in [-0.39, 0.29) is 12.4 Å². The number of nitrogens with one attached hydrogen (secondary N) is 1. The average molecular weight is 349 g/mol. The Bertz CT molecular complexity index is 737. The quantitative estimate of drug-likeness (QED) is 0.658. The van der Waals surface area contributed by atoms with Crippen LogP contribution in [0.2, 0.25) is 0 Å². The molecule has 0 aliphatic rings. The Hall–Kier alpha value is -2.87. The number of thiophene rings is 1. The Morgan fingerprint density at radius 2 is 1.83 bits per heavy atom. The summed E-state index contributed by atoms with van der Waals surface area (Å²) in [6, 6.07) is 7.55. The van der Waals surface area contributed by atoms with Gasteiger partial charge in [0, 0.05) is 5.56 Å². The number of hydrogen-bond acceptors (Lipinski definition) is 7. The number of hydrogen-bond donors (Lipinski definition) is 1. The molecule has 2 aromatic rings. The summed E-state index contributed by atoms with van der Waals surface area (Å²) in [7, 11) is 1.27. The molecular weight excluding hydrogens is 334 g/mol. The molecule has 1 N–H and O–H groups in total. The first-order chi connectivity index (χ1) is 11.5. The zero-order chi connectivity index (χ0) is 17.5. The molecule has 0 atom stereocenters. The number of rotatable bonds is 5. The van der Waals surface area contributed by atoms with E-state index in [1.807, 2.05) is 0 Å². The van der Waals surface area contributed by atoms with Gasteiger partial charge in [-0.3, -0.25) is 4.79 Å². The van der Waals surface area contributed by atoms with Crippen molar-refractivity contribution in [2.24, 2.45) is 0 Å². The number of benzene rings is 1. The second-order valence-electron chi connectivity index (χ2n) is 4.42. The van der Waals surface area contributed by atoms with E-state index in [9.17, 15) is 14.4 Å². The highest BCUT2D eigenvalue weighted by Gasteiger charge is 2.16. The smallest absolute Gasteiger partial charge is 0.465 e. The average Bonchev–Trinajstić information content (AvgIpc) is 3.03. The molecule has 24 heavy (non-hydrogen) atoms. The summed E-state index contributed by atoms with van der Waals surface area (Å²) in [5.74, 6) is -0.657. The van der Waals surface area contributed by atoms with Crippen LogP contribution in [0.25, 0.3) is 0 Å². The van der Waals surface area contributed by atoms with E-state index < -0.39 is 18.0 Å². The van der Waals surface area contributed by atoms with Crippen molar-refractivity contribution in [2.75, 3.05) is 19.0 Å². The standard InChI is InChI=1S/C16H15NO6S/c1-3-22-16(20)23-11-6-4-10(5-7-11)14(18)17-12-8-9-24-13(12)15(19)21-2/h4-9H,3H2,1-2H3,(H,17,18). The van der Waals surface area contributed by atoms with Gasteiger partial charge in [0.25, 0.3) is 5.91 Å². The Kier molecular flexibility index (Phi) is 5.91. The number of ether oxygens (including phenoxy) is 3. The minimum atomic E-state index is -0.810. The molecular formula is C16H15NO6S. The van der Waals surface area contributed by atoms with Crippen LogP contribution in [0.3, 0.4) is 0 Å². The molecule has 2 rings (SSSR count). The summed E-state index contributed by atoms with van der Waals surface area (Å²) in [5, 5.41) is 4.32. The molecule has 1 heterocycles. The lowest BCUT2D eigenvalue weighted by Crippen LogP contribution is -2.14. The molecule has 0 bridgehead atoms. The molecule has 0 saturated heterocycles. The fraction of sp³-hybridized carbons (Fsp3) is 0.188. The Labute approximate surface area is 142 Å². The Balaban J connectivity index is 2.04. The zero-order valence-corrected chi connectivity index (χ0v) is 13.8. The molecule has 0 saturated carbocycles. The van der Waals surface area contributed by atoms with Crippen molar-refractivity contribution >= 4 is 35.1 Å². The highest BCUT2D eigenvalue weighted by molar-refractivity contribution is 7.12. The molecule has 7 nitrogen and oxygen atoms in total. The lowest BCUT2D eigenvalue weighted by molar-refractivity contribution is 0.0607. The van der Waals surface area contributed by atoms with Crippen LogP contribution < -0.4 is 10.1 Å². The zero-order valence-electron chi connectivity index (χ0n) is 13.0. The van der Waals surface area contributed by atoms with E-state index in [4.69, 9.17) is 4.74 Å². The number of anilines is 1. The number of carbonyl (C=O) groups excluding carboxylic acids is 3. The van der Waals surface area contributed by atoms with E-state index in [1.165, 1.54) is 42.7 Å². The van der Waals surface area contributed by atoms with Crippen LogP contribution in [-0.4, -0.2) is 31.7 Å². The van der Waals surface area contributed by atoms with Gasteiger partial charge in [-0.15, -0.1) is 11.3 Å². The first kappa shape index (κ1) is 17.5. The largest absolute Gasteiger partial charge is 0.513 e. The third-order valence-corrected chi connectivity index (χ3v) is 3.76. The minimum absolute atomic E-state index is 0.211. The van der Waals surface area contributed by atoms with Gasteiger partial charge in [-0.2, -0.15) is 0 Å². The third-order valence-electron chi connectivity index (χ3n) is 2.86. The second-order valence-corrected chi connectivity index (χ2v) is 5.33. The van der Waals surface area contributed by atoms with Crippen molar-refractivity contribution in [3.63, 3.8) is 0 Å². The lowest BCUT2D eigenvalue weighted by Gasteiger charge is -2.07. The monoisotopic (exact) mass is 349 g/mol. The molecule has 0 aliphatic heterocycles. The van der Waals surface area contributed by atoms with Gasteiger partial charge in [0.15, 0.2) is 0 Å². The molecule has 0 aliphatic carbocycles. The highest BCUT2D eigenvalue weighted by atomic mass is 32.1. The molecule has 1 aromatic carbocycles. The maximum Gasteiger partial charge on any atom is 0.513 e. The van der Waals surface area contributed by atoms with E-state index >= 15 is 0 Å². The van der Waals surface area contributed by atoms with Gasteiger partial charge in [0.1, 0.15) is 10.6 Å². The summed E-state index contributed by atoms with van der Waals surface area (Å²) in [6.45, 7) is 1.88. The summed E-state index contributed by atoms with van der Waals surface area (Å²) < 4.78 is 14.2. The predicted molar refractivity (Wildman–Crippen MR) is 87.7 cm³/mol. The van der Waals surface area contributed by atoms with Crippen LogP contribution in [0, 0.1) is 0 Å². The van der Waals surface area contributed by atoms with Crippen LogP contribution in [-0.2, 0) is 9.47 Å². The summed E-state index contributed by atoms with van der Waals surface area (Å²) in [5.41, 5.74) is 0.719. The minimum Gasteiger partial charge on any atom is -0.465 e. The highest BCUT2D eigenvalue weighted by Crippen LogP contribution is 2.24. The van der Waals surface area contributed by atoms with Crippen LogP contribution in [0.1, 0.15) is 27.0 Å². The number of amides is 1. The van der Waals surface area contributed by atoms with Crippen LogP contribution in [0.4, 0.5) is 10.5 Å². The maximum absolute atomic E-state index is 12.2. The van der Waals surface area contributed by atoms with Crippen LogP contribution >= 0.6 is 11.3 Å². The normalized spacial score (nSPS) is 9.92. The van der Waals surface area contributed by atoms with E-state index in [1.54, 1.807) is 18.4 Å². The molecule has 0 fully saturated rings. The number of carbonyl (C=O) groups is 3. The summed E-state index contributed by atoms with van der Waals surface area (Å²) in [4.78, 5) is 35.3. The number of esters is 1. The van der Waals surface area contributed by atoms with Crippen molar-refractivity contribution < 1.29 is 28.6 Å². The SMILES string of the molecule is CCOC(=O)Oc1ccc(C(=O)Nc2ccsc2C(=O)OC)cc1. The maximum atomic E-state index is 12.2. The van der Waals surface area contributed by atoms with Gasteiger partial charge in [-0.25, -0.2) is 9.59 Å². The molecule has 1 amide bonds. The fourth-order valence-electron chi connectivity index (χ4n) is 1.77. The van der Waals surface area contributed by atoms with E-state index in [0.29, 0.717) is 16.1 Å². The van der Waals surface area contributed by atoms with Gasteiger partial charge >= 0.3 is 12.1 Å². The van der Waals surface area contributed by atoms with Crippen molar-refractivity contribution in [3.05, 3.63) is 46.2 Å². The van der Waals surface area contributed by atoms with Crippen LogP contribution in [0.5, 0.6) is 5.75 Å². The summed E-state index contributed by atoms with van der Waals surface area (Å²) >= 11 is 1.17. The van der Waals surface area contributed by atoms with Gasteiger partial charge in [0.2, 0.25) is 0 Å². The predicted octanol–water partition coefficient (Wildman–Crippen LogP) is 3.32. The third kappa shape index (κ3) is 4.32. The molecule has 0 unspecified atom stereocenters. The number of methoxy groups -OCH3 is 1. The van der Waals surface area contributed by atoms with Crippen LogP contribution in [0.15, 0.2) is 35.7 Å². The summed E-state index contributed by atoms with van der Waals surface area (Å²) in [6.07, 6.45) is -0.810. The Morgan fingerprint density at radius 1 is 1.12 bits per heavy atom. The van der Waals surface area contributed by atoms with Gasteiger partial charge in [0.05, 0.1) is 19.4 Å². The first-order valence-corrected chi connectivity index (χ1v) is 7.85. The lowest BCUT2D eigenvalue weighted by atomic mass is 10.2. The second kappa shape index (κ2) is 8.11. The molecule has 8 heteroatoms. The molecule has 0 radical (unpaired) electrons. The molecule has 1 aromatic heterocycles. The fourth-order valence-corrected chi connectivity index (χ4v) is 2.54. The van der Waals surface area contributed by atoms with Gasteiger partial charge in [-0.05, 0) is 42.6 Å². The van der Waals surface area contributed by atoms with Crippen molar-refractivity contribution in [1.82, 2.24) is 0 Å². The molecule has 0 spiro atoms. The topological polar surface area (TPSA) is 90.9 Å². The van der Waals surface area contributed by atoms with Crippen molar-refractivity contribution in [2.45, 2.75) is 6.92 Å². The molecule has 126 valence electrons. The van der Waals surface area contributed by atoms with Crippen molar-refractivity contribution in [3.8, 4) is 5.75 Å².